The summed E-state index contributed by atoms with van der Waals surface area (Å²) >= 11 is 0. The van der Waals surface area contributed by atoms with Gasteiger partial charge in [0.25, 0.3) is 0 Å². The molecule has 0 bridgehead atoms. The SMILES string of the molecule is Cc1cccc(F)c1-n1nnnc1-c1cc(N)cc(F)c1. The molecule has 21 heavy (non-hydrogen) atoms. The molecule has 0 amide bonds. The lowest BCUT2D eigenvalue weighted by atomic mass is 10.1. The summed E-state index contributed by atoms with van der Waals surface area (Å²) in [7, 11) is 0. The molecular formula is C14H11F2N5. The van der Waals surface area contributed by atoms with Gasteiger partial charge in [-0.15, -0.1) is 5.10 Å². The number of nitrogens with two attached hydrogens (primary N) is 1. The molecule has 0 aliphatic heterocycles. The minimum Gasteiger partial charge on any atom is -0.399 e. The Morgan fingerprint density at radius 2 is 1.95 bits per heavy atom. The smallest absolute Gasteiger partial charge is 0.187 e. The zero-order valence-electron chi connectivity index (χ0n) is 11.1. The Hall–Kier alpha value is -2.83. The quantitative estimate of drug-likeness (QED) is 0.735. The summed E-state index contributed by atoms with van der Waals surface area (Å²) in [6.07, 6.45) is 0. The second kappa shape index (κ2) is 4.93. The van der Waals surface area contributed by atoms with Gasteiger partial charge >= 0.3 is 0 Å². The van der Waals surface area contributed by atoms with Gasteiger partial charge in [0.15, 0.2) is 5.82 Å². The number of hydrogen-bond donors (Lipinski definition) is 1. The molecule has 0 saturated heterocycles. The topological polar surface area (TPSA) is 69.6 Å². The molecule has 2 N–H and O–H groups in total. The van der Waals surface area contributed by atoms with Crippen LogP contribution in [0.2, 0.25) is 0 Å². The molecule has 0 aliphatic carbocycles. The Balaban J connectivity index is 2.22. The molecule has 0 radical (unpaired) electrons. The molecule has 0 fully saturated rings. The number of anilines is 1. The van der Waals surface area contributed by atoms with E-state index in [4.69, 9.17) is 5.73 Å². The summed E-state index contributed by atoms with van der Waals surface area (Å²) in [6, 6.07) is 8.61. The van der Waals surface area contributed by atoms with Crippen molar-refractivity contribution in [1.82, 2.24) is 20.2 Å². The Morgan fingerprint density at radius 1 is 1.14 bits per heavy atom. The van der Waals surface area contributed by atoms with Crippen LogP contribution in [0.5, 0.6) is 0 Å². The average molecular weight is 287 g/mol. The lowest BCUT2D eigenvalue weighted by Gasteiger charge is -2.09. The van der Waals surface area contributed by atoms with Crippen molar-refractivity contribution in [2.24, 2.45) is 0 Å². The van der Waals surface area contributed by atoms with E-state index < -0.39 is 11.6 Å². The van der Waals surface area contributed by atoms with Crippen molar-refractivity contribution >= 4 is 5.69 Å². The van der Waals surface area contributed by atoms with E-state index in [1.807, 2.05) is 0 Å². The van der Waals surface area contributed by atoms with E-state index >= 15 is 0 Å². The van der Waals surface area contributed by atoms with Gasteiger partial charge in [0, 0.05) is 11.3 Å². The first kappa shape index (κ1) is 13.2. The third-order valence-corrected chi connectivity index (χ3v) is 3.05. The van der Waals surface area contributed by atoms with Crippen molar-refractivity contribution in [3.05, 3.63) is 53.6 Å². The largest absolute Gasteiger partial charge is 0.399 e. The van der Waals surface area contributed by atoms with Gasteiger partial charge < -0.3 is 5.73 Å². The second-order valence-electron chi connectivity index (χ2n) is 4.59. The van der Waals surface area contributed by atoms with Gasteiger partial charge in [-0.25, -0.2) is 8.78 Å². The van der Waals surface area contributed by atoms with E-state index in [9.17, 15) is 8.78 Å². The van der Waals surface area contributed by atoms with E-state index in [2.05, 4.69) is 15.5 Å². The van der Waals surface area contributed by atoms with E-state index in [-0.39, 0.29) is 17.2 Å². The Kier molecular flexibility index (Phi) is 3.09. The minimum atomic E-state index is -0.509. The Morgan fingerprint density at radius 3 is 2.67 bits per heavy atom. The number of aryl methyl sites for hydroxylation is 1. The van der Waals surface area contributed by atoms with E-state index in [0.29, 0.717) is 11.1 Å². The molecule has 2 aromatic carbocycles. The average Bonchev–Trinajstić information content (AvgIpc) is 2.86. The third kappa shape index (κ3) is 2.33. The Labute approximate surface area is 119 Å². The summed E-state index contributed by atoms with van der Waals surface area (Å²) < 4.78 is 28.8. The predicted molar refractivity (Wildman–Crippen MR) is 73.7 cm³/mol. The van der Waals surface area contributed by atoms with Crippen LogP contribution in [-0.2, 0) is 0 Å². The van der Waals surface area contributed by atoms with Gasteiger partial charge in [-0.05, 0) is 47.2 Å². The van der Waals surface area contributed by atoms with Gasteiger partial charge in [0.2, 0.25) is 0 Å². The van der Waals surface area contributed by atoms with Crippen LogP contribution in [0.1, 0.15) is 5.56 Å². The van der Waals surface area contributed by atoms with Gasteiger partial charge in [0.05, 0.1) is 0 Å². The van der Waals surface area contributed by atoms with Crippen LogP contribution < -0.4 is 5.73 Å². The molecule has 0 spiro atoms. The van der Waals surface area contributed by atoms with Gasteiger partial charge in [-0.3, -0.25) is 0 Å². The first-order valence-corrected chi connectivity index (χ1v) is 6.16. The maximum absolute atomic E-state index is 14.1. The number of benzene rings is 2. The fraction of sp³-hybridized carbons (Fsp3) is 0.0714. The summed E-state index contributed by atoms with van der Waals surface area (Å²) in [6.45, 7) is 1.74. The first-order chi connectivity index (χ1) is 10.1. The number of hydrogen-bond acceptors (Lipinski definition) is 4. The van der Waals surface area contributed by atoms with Gasteiger partial charge in [-0.1, -0.05) is 12.1 Å². The summed E-state index contributed by atoms with van der Waals surface area (Å²) in [5.41, 5.74) is 7.12. The molecule has 0 aliphatic rings. The normalized spacial score (nSPS) is 10.8. The van der Waals surface area contributed by atoms with Crippen LogP contribution in [0, 0.1) is 18.6 Å². The van der Waals surface area contributed by atoms with Crippen LogP contribution >= 0.6 is 0 Å². The number of nitrogen functional groups attached to an aromatic ring is 1. The van der Waals surface area contributed by atoms with Gasteiger partial charge in [-0.2, -0.15) is 4.68 Å². The molecule has 0 unspecified atom stereocenters. The highest BCUT2D eigenvalue weighted by atomic mass is 19.1. The molecule has 7 heteroatoms. The minimum absolute atomic E-state index is 0.217. The summed E-state index contributed by atoms with van der Waals surface area (Å²) in [4.78, 5) is 0. The highest BCUT2D eigenvalue weighted by Gasteiger charge is 2.16. The summed E-state index contributed by atoms with van der Waals surface area (Å²) in [5, 5.41) is 11.2. The molecule has 0 saturated carbocycles. The zero-order valence-corrected chi connectivity index (χ0v) is 11.1. The lowest BCUT2D eigenvalue weighted by Crippen LogP contribution is -2.05. The maximum Gasteiger partial charge on any atom is 0.187 e. The fourth-order valence-corrected chi connectivity index (χ4v) is 2.15. The predicted octanol–water partition coefficient (Wildman–Crippen LogP) is 2.50. The summed E-state index contributed by atoms with van der Waals surface area (Å²) in [5.74, 6) is -0.757. The molecule has 1 aromatic heterocycles. The van der Waals surface area contributed by atoms with E-state index in [1.54, 1.807) is 19.1 Å². The van der Waals surface area contributed by atoms with Crippen LogP contribution in [0.3, 0.4) is 0 Å². The first-order valence-electron chi connectivity index (χ1n) is 6.16. The fourth-order valence-electron chi connectivity index (χ4n) is 2.15. The number of nitrogens with zero attached hydrogens (tertiary/aromatic N) is 4. The van der Waals surface area contributed by atoms with Gasteiger partial charge in [0.1, 0.15) is 17.3 Å². The molecule has 3 rings (SSSR count). The monoisotopic (exact) mass is 287 g/mol. The molecule has 106 valence electrons. The molecule has 1 heterocycles. The van der Waals surface area contributed by atoms with Crippen molar-refractivity contribution < 1.29 is 8.78 Å². The van der Waals surface area contributed by atoms with Crippen LogP contribution in [0.25, 0.3) is 17.1 Å². The van der Waals surface area contributed by atoms with Crippen molar-refractivity contribution in [3.63, 3.8) is 0 Å². The number of halogens is 2. The standard InChI is InChI=1S/C14H11F2N5/c1-8-3-2-4-12(16)13(8)21-14(18-19-20-21)9-5-10(15)7-11(17)6-9/h2-7H,17H2,1H3. The number of aromatic nitrogens is 4. The van der Waals surface area contributed by atoms with Crippen molar-refractivity contribution in [3.8, 4) is 17.1 Å². The molecule has 3 aromatic rings. The number of para-hydroxylation sites is 1. The maximum atomic E-state index is 14.1. The molecular weight excluding hydrogens is 276 g/mol. The van der Waals surface area contributed by atoms with E-state index in [0.717, 1.165) is 0 Å². The number of rotatable bonds is 2. The lowest BCUT2D eigenvalue weighted by molar-refractivity contribution is 0.605. The zero-order chi connectivity index (χ0) is 15.0. The highest BCUT2D eigenvalue weighted by Crippen LogP contribution is 2.25. The van der Waals surface area contributed by atoms with Crippen molar-refractivity contribution in [2.75, 3.05) is 5.73 Å². The van der Waals surface area contributed by atoms with Crippen LogP contribution in [-0.4, -0.2) is 20.2 Å². The Bertz CT molecular complexity index is 772. The van der Waals surface area contributed by atoms with Crippen LogP contribution in [0.15, 0.2) is 36.4 Å². The second-order valence-corrected chi connectivity index (χ2v) is 4.59. The van der Waals surface area contributed by atoms with Crippen molar-refractivity contribution in [2.45, 2.75) is 6.92 Å². The highest BCUT2D eigenvalue weighted by molar-refractivity contribution is 5.63. The number of tetrazole rings is 1. The third-order valence-electron chi connectivity index (χ3n) is 3.05. The van der Waals surface area contributed by atoms with Crippen LogP contribution in [0.4, 0.5) is 14.5 Å². The van der Waals surface area contributed by atoms with E-state index in [1.165, 1.54) is 28.9 Å². The molecule has 5 nitrogen and oxygen atoms in total. The van der Waals surface area contributed by atoms with Crippen molar-refractivity contribution in [1.29, 1.82) is 0 Å². The molecule has 0 atom stereocenters.